The van der Waals surface area contributed by atoms with Gasteiger partial charge in [0, 0.05) is 33.2 Å². The number of nitrogens with one attached hydrogen (secondary N) is 1. The topological polar surface area (TPSA) is 50.2 Å². The van der Waals surface area contributed by atoms with E-state index in [-0.39, 0.29) is 10.6 Å². The van der Waals surface area contributed by atoms with E-state index in [0.717, 1.165) is 31.9 Å². The van der Waals surface area contributed by atoms with Crippen molar-refractivity contribution in [1.29, 1.82) is 0 Å². The fourth-order valence-electron chi connectivity index (χ4n) is 1.63. The van der Waals surface area contributed by atoms with Crippen molar-refractivity contribution in [1.82, 2.24) is 15.1 Å². The lowest BCUT2D eigenvalue weighted by Gasteiger charge is -2.29. The summed E-state index contributed by atoms with van der Waals surface area (Å²) in [6, 6.07) is 0. The van der Waals surface area contributed by atoms with E-state index in [1.807, 2.05) is 0 Å². The standard InChI is InChI=1S/C9H13ClN4O/c1-13-9(15)8(10)7(6-12-13)14-4-2-11-3-5-14/h6,11H,2-5H2,1H3. The normalized spacial score (nSPS) is 16.8. The van der Waals surface area contributed by atoms with Crippen molar-refractivity contribution >= 4 is 17.3 Å². The molecular formula is C9H13ClN4O. The lowest BCUT2D eigenvalue weighted by Crippen LogP contribution is -2.44. The second-order valence-electron chi connectivity index (χ2n) is 3.51. The molecule has 1 saturated heterocycles. The fourth-order valence-corrected chi connectivity index (χ4v) is 1.92. The molecule has 1 N–H and O–H groups in total. The van der Waals surface area contributed by atoms with Gasteiger partial charge in [-0.05, 0) is 0 Å². The predicted molar refractivity (Wildman–Crippen MR) is 59.6 cm³/mol. The molecule has 82 valence electrons. The lowest BCUT2D eigenvalue weighted by atomic mass is 10.3. The van der Waals surface area contributed by atoms with Crippen LogP contribution in [0.2, 0.25) is 5.02 Å². The zero-order valence-electron chi connectivity index (χ0n) is 8.53. The van der Waals surface area contributed by atoms with Gasteiger partial charge in [0.2, 0.25) is 0 Å². The summed E-state index contributed by atoms with van der Waals surface area (Å²) in [5, 5.41) is 7.47. The number of hydrogen-bond acceptors (Lipinski definition) is 4. The van der Waals surface area contributed by atoms with Gasteiger partial charge in [0.05, 0.1) is 11.9 Å². The predicted octanol–water partition coefficient (Wildman–Crippen LogP) is -0.157. The summed E-state index contributed by atoms with van der Waals surface area (Å²) in [4.78, 5) is 13.6. The molecule has 5 nitrogen and oxygen atoms in total. The molecule has 1 aliphatic heterocycles. The van der Waals surface area contributed by atoms with Crippen molar-refractivity contribution in [2.75, 3.05) is 31.1 Å². The zero-order valence-corrected chi connectivity index (χ0v) is 9.29. The molecule has 0 saturated carbocycles. The van der Waals surface area contributed by atoms with Gasteiger partial charge in [-0.1, -0.05) is 11.6 Å². The highest BCUT2D eigenvalue weighted by molar-refractivity contribution is 6.33. The molecule has 15 heavy (non-hydrogen) atoms. The van der Waals surface area contributed by atoms with E-state index in [1.165, 1.54) is 4.68 Å². The first-order valence-corrected chi connectivity index (χ1v) is 5.25. The van der Waals surface area contributed by atoms with E-state index in [0.29, 0.717) is 0 Å². The Labute approximate surface area is 92.6 Å². The Balaban J connectivity index is 2.35. The zero-order chi connectivity index (χ0) is 10.8. The monoisotopic (exact) mass is 228 g/mol. The molecule has 0 unspecified atom stereocenters. The molecule has 0 aromatic carbocycles. The highest BCUT2D eigenvalue weighted by Crippen LogP contribution is 2.20. The SMILES string of the molecule is Cn1ncc(N2CCNCC2)c(Cl)c1=O. The van der Waals surface area contributed by atoms with Gasteiger partial charge in [0.1, 0.15) is 5.02 Å². The van der Waals surface area contributed by atoms with Gasteiger partial charge >= 0.3 is 0 Å². The molecule has 6 heteroatoms. The molecule has 1 aromatic rings. The molecule has 0 bridgehead atoms. The van der Waals surface area contributed by atoms with Crippen molar-refractivity contribution in [2.24, 2.45) is 7.05 Å². The van der Waals surface area contributed by atoms with Crippen LogP contribution in [0.1, 0.15) is 0 Å². The average Bonchev–Trinajstić information content (AvgIpc) is 2.27. The maximum atomic E-state index is 11.6. The maximum Gasteiger partial charge on any atom is 0.287 e. The number of nitrogens with zero attached hydrogens (tertiary/aromatic N) is 3. The number of hydrogen-bond donors (Lipinski definition) is 1. The summed E-state index contributed by atoms with van der Waals surface area (Å²) in [6.45, 7) is 3.53. The van der Waals surface area contributed by atoms with E-state index in [4.69, 9.17) is 11.6 Å². The third kappa shape index (κ3) is 1.98. The highest BCUT2D eigenvalue weighted by atomic mass is 35.5. The summed E-state index contributed by atoms with van der Waals surface area (Å²) >= 11 is 6.00. The summed E-state index contributed by atoms with van der Waals surface area (Å²) in [5.41, 5.74) is 0.494. The van der Waals surface area contributed by atoms with Crippen LogP contribution < -0.4 is 15.8 Å². The van der Waals surface area contributed by atoms with Gasteiger partial charge in [-0.2, -0.15) is 5.10 Å². The van der Waals surface area contributed by atoms with Gasteiger partial charge in [-0.15, -0.1) is 0 Å². The van der Waals surface area contributed by atoms with Crippen LogP contribution in [0.25, 0.3) is 0 Å². The Morgan fingerprint density at radius 1 is 1.47 bits per heavy atom. The van der Waals surface area contributed by atoms with Crippen molar-refractivity contribution in [2.45, 2.75) is 0 Å². The Kier molecular flexibility index (Phi) is 2.93. The van der Waals surface area contributed by atoms with Crippen molar-refractivity contribution < 1.29 is 0 Å². The van der Waals surface area contributed by atoms with Gasteiger partial charge in [-0.3, -0.25) is 4.79 Å². The third-order valence-electron chi connectivity index (χ3n) is 2.52. The molecule has 0 spiro atoms. The van der Waals surface area contributed by atoms with Crippen molar-refractivity contribution in [3.63, 3.8) is 0 Å². The molecule has 2 rings (SSSR count). The molecule has 1 aromatic heterocycles. The van der Waals surface area contributed by atoms with E-state index in [9.17, 15) is 4.79 Å². The van der Waals surface area contributed by atoms with Gasteiger partial charge in [-0.25, -0.2) is 4.68 Å². The minimum absolute atomic E-state index is 0.243. The largest absolute Gasteiger partial charge is 0.366 e. The van der Waals surface area contributed by atoms with Crippen molar-refractivity contribution in [3.05, 3.63) is 21.6 Å². The van der Waals surface area contributed by atoms with Crippen LogP contribution in [-0.2, 0) is 7.05 Å². The molecule has 0 aliphatic carbocycles. The number of anilines is 1. The van der Waals surface area contributed by atoms with Gasteiger partial charge < -0.3 is 10.2 Å². The maximum absolute atomic E-state index is 11.6. The van der Waals surface area contributed by atoms with Crippen LogP contribution in [0.5, 0.6) is 0 Å². The van der Waals surface area contributed by atoms with Crippen LogP contribution in [0.3, 0.4) is 0 Å². The molecule has 2 heterocycles. The Hall–Kier alpha value is -1.07. The van der Waals surface area contributed by atoms with E-state index >= 15 is 0 Å². The second-order valence-corrected chi connectivity index (χ2v) is 3.89. The molecule has 0 radical (unpaired) electrons. The Morgan fingerprint density at radius 3 is 2.80 bits per heavy atom. The molecule has 0 amide bonds. The van der Waals surface area contributed by atoms with E-state index in [1.54, 1.807) is 13.2 Å². The minimum atomic E-state index is -0.243. The van der Waals surface area contributed by atoms with E-state index < -0.39 is 0 Å². The Morgan fingerprint density at radius 2 is 2.13 bits per heavy atom. The van der Waals surface area contributed by atoms with Crippen LogP contribution in [-0.4, -0.2) is 36.0 Å². The van der Waals surface area contributed by atoms with Crippen LogP contribution in [0, 0.1) is 0 Å². The lowest BCUT2D eigenvalue weighted by molar-refractivity contribution is 0.585. The van der Waals surface area contributed by atoms with Gasteiger partial charge in [0.15, 0.2) is 0 Å². The number of piperazine rings is 1. The molecule has 1 fully saturated rings. The first kappa shape index (κ1) is 10.4. The summed E-state index contributed by atoms with van der Waals surface area (Å²) in [5.74, 6) is 0. The average molecular weight is 229 g/mol. The minimum Gasteiger partial charge on any atom is -0.366 e. The number of aromatic nitrogens is 2. The first-order valence-electron chi connectivity index (χ1n) is 4.87. The summed E-state index contributed by atoms with van der Waals surface area (Å²) < 4.78 is 1.24. The number of halogens is 1. The Bertz CT molecular complexity index is 411. The second kappa shape index (κ2) is 4.20. The quantitative estimate of drug-likeness (QED) is 0.726. The van der Waals surface area contributed by atoms with Gasteiger partial charge in [0.25, 0.3) is 5.56 Å². The highest BCUT2D eigenvalue weighted by Gasteiger charge is 2.16. The number of aryl methyl sites for hydroxylation is 1. The van der Waals surface area contributed by atoms with Crippen LogP contribution >= 0.6 is 11.6 Å². The summed E-state index contributed by atoms with van der Waals surface area (Å²) in [7, 11) is 1.59. The molecule has 1 aliphatic rings. The van der Waals surface area contributed by atoms with E-state index in [2.05, 4.69) is 15.3 Å². The van der Waals surface area contributed by atoms with Crippen molar-refractivity contribution in [3.8, 4) is 0 Å². The number of rotatable bonds is 1. The smallest absolute Gasteiger partial charge is 0.287 e. The molecular weight excluding hydrogens is 216 g/mol. The fraction of sp³-hybridized carbons (Fsp3) is 0.556. The summed E-state index contributed by atoms with van der Waals surface area (Å²) in [6.07, 6.45) is 1.65. The third-order valence-corrected chi connectivity index (χ3v) is 2.87. The van der Waals surface area contributed by atoms with Crippen LogP contribution in [0.4, 0.5) is 5.69 Å². The van der Waals surface area contributed by atoms with Crippen LogP contribution in [0.15, 0.2) is 11.0 Å². The molecule has 0 atom stereocenters. The first-order chi connectivity index (χ1) is 7.20.